The Kier molecular flexibility index (Phi) is 10.3. The Morgan fingerprint density at radius 1 is 0.743 bits per heavy atom. The largest absolute Gasteiger partial charge is 0.350 e. The van der Waals surface area contributed by atoms with Gasteiger partial charge in [-0.3, -0.25) is 14.4 Å². The number of carbonyl (C=O) groups is 3. The SMILES string of the molecule is O=CN[C@@H](CCc1ccccc1)C(=O)N[C@@H](CCc1ccccc1)C(=O)NCc1ccccc1Cl. The number of carbonyl (C=O) groups excluding carboxylic acids is 3. The zero-order valence-corrected chi connectivity index (χ0v) is 20.2. The highest BCUT2D eigenvalue weighted by molar-refractivity contribution is 6.31. The Balaban J connectivity index is 1.66. The van der Waals surface area contributed by atoms with Gasteiger partial charge in [0.15, 0.2) is 0 Å². The van der Waals surface area contributed by atoms with E-state index in [1.54, 1.807) is 6.07 Å². The molecule has 0 heterocycles. The number of aryl methyl sites for hydroxylation is 2. The third-order valence-electron chi connectivity index (χ3n) is 5.76. The van der Waals surface area contributed by atoms with Crippen molar-refractivity contribution in [2.45, 2.75) is 44.3 Å². The minimum absolute atomic E-state index is 0.250. The van der Waals surface area contributed by atoms with Gasteiger partial charge in [0.05, 0.1) is 0 Å². The van der Waals surface area contributed by atoms with Crippen LogP contribution in [0.3, 0.4) is 0 Å². The minimum atomic E-state index is -0.766. The van der Waals surface area contributed by atoms with Crippen molar-refractivity contribution in [2.24, 2.45) is 0 Å². The molecule has 3 amide bonds. The number of hydrogen-bond acceptors (Lipinski definition) is 3. The maximum absolute atomic E-state index is 13.1. The predicted molar refractivity (Wildman–Crippen MR) is 138 cm³/mol. The van der Waals surface area contributed by atoms with Crippen LogP contribution in [0.25, 0.3) is 0 Å². The number of benzene rings is 3. The van der Waals surface area contributed by atoms with Crippen molar-refractivity contribution in [3.8, 4) is 0 Å². The number of hydrogen-bond donors (Lipinski definition) is 3. The lowest BCUT2D eigenvalue weighted by Crippen LogP contribution is -2.52. The van der Waals surface area contributed by atoms with Crippen LogP contribution in [0.1, 0.15) is 29.5 Å². The predicted octanol–water partition coefficient (Wildman–Crippen LogP) is 3.82. The molecule has 0 saturated carbocycles. The highest BCUT2D eigenvalue weighted by Crippen LogP contribution is 2.15. The molecular formula is C28H30ClN3O3. The second-order valence-electron chi connectivity index (χ2n) is 8.26. The van der Waals surface area contributed by atoms with Gasteiger partial charge < -0.3 is 16.0 Å². The summed E-state index contributed by atoms with van der Waals surface area (Å²) in [5, 5.41) is 8.89. The van der Waals surface area contributed by atoms with Crippen LogP contribution >= 0.6 is 11.6 Å². The summed E-state index contributed by atoms with van der Waals surface area (Å²) in [5.41, 5.74) is 2.92. The summed E-state index contributed by atoms with van der Waals surface area (Å²) in [6.45, 7) is 0.250. The van der Waals surface area contributed by atoms with Gasteiger partial charge in [0.1, 0.15) is 12.1 Å². The van der Waals surface area contributed by atoms with E-state index in [-0.39, 0.29) is 18.4 Å². The summed E-state index contributed by atoms with van der Waals surface area (Å²) < 4.78 is 0. The molecule has 6 nitrogen and oxygen atoms in total. The molecule has 0 radical (unpaired) electrons. The van der Waals surface area contributed by atoms with E-state index in [2.05, 4.69) is 16.0 Å². The first-order valence-corrected chi connectivity index (χ1v) is 12.0. The standard InChI is InChI=1S/C28H30ClN3O3/c29-24-14-8-7-13-23(24)19-30-27(34)26(18-16-22-11-5-2-6-12-22)32-28(35)25(31-20-33)17-15-21-9-3-1-4-10-21/h1-14,20,25-26H,15-19H2,(H,30,34)(H,31,33)(H,32,35)/t25-,26-/m0/s1. The lowest BCUT2D eigenvalue weighted by atomic mass is 10.0. The topological polar surface area (TPSA) is 87.3 Å². The van der Waals surface area contributed by atoms with E-state index in [1.807, 2.05) is 78.9 Å². The van der Waals surface area contributed by atoms with Gasteiger partial charge in [-0.1, -0.05) is 90.5 Å². The lowest BCUT2D eigenvalue weighted by Gasteiger charge is -2.22. The van der Waals surface area contributed by atoms with Crippen molar-refractivity contribution in [1.29, 1.82) is 0 Å². The Morgan fingerprint density at radius 2 is 1.29 bits per heavy atom. The van der Waals surface area contributed by atoms with Crippen LogP contribution < -0.4 is 16.0 Å². The molecule has 0 bridgehead atoms. The molecule has 0 fully saturated rings. The van der Waals surface area contributed by atoms with Crippen molar-refractivity contribution in [1.82, 2.24) is 16.0 Å². The van der Waals surface area contributed by atoms with Gasteiger partial charge in [0.25, 0.3) is 0 Å². The number of rotatable bonds is 13. The normalized spacial score (nSPS) is 12.3. The molecular weight excluding hydrogens is 462 g/mol. The van der Waals surface area contributed by atoms with Crippen LogP contribution in [-0.4, -0.2) is 30.3 Å². The molecule has 3 aromatic rings. The number of halogens is 1. The molecule has 3 rings (SSSR count). The number of amides is 3. The van der Waals surface area contributed by atoms with Gasteiger partial charge in [-0.15, -0.1) is 0 Å². The molecule has 2 atom stereocenters. The summed E-state index contributed by atoms with van der Waals surface area (Å²) in [6.07, 6.45) is 2.58. The van der Waals surface area contributed by atoms with E-state index in [1.165, 1.54) is 0 Å². The van der Waals surface area contributed by atoms with Crippen molar-refractivity contribution >= 4 is 29.8 Å². The summed E-state index contributed by atoms with van der Waals surface area (Å²) in [7, 11) is 0. The Morgan fingerprint density at radius 3 is 1.86 bits per heavy atom. The summed E-state index contributed by atoms with van der Waals surface area (Å²) in [4.78, 5) is 37.3. The van der Waals surface area contributed by atoms with E-state index >= 15 is 0 Å². The molecule has 3 N–H and O–H groups in total. The van der Waals surface area contributed by atoms with Gasteiger partial charge in [-0.05, 0) is 48.4 Å². The molecule has 35 heavy (non-hydrogen) atoms. The Labute approximate surface area is 211 Å². The maximum Gasteiger partial charge on any atom is 0.243 e. The molecule has 0 saturated heterocycles. The van der Waals surface area contributed by atoms with E-state index in [0.29, 0.717) is 37.1 Å². The molecule has 7 heteroatoms. The van der Waals surface area contributed by atoms with E-state index in [4.69, 9.17) is 11.6 Å². The van der Waals surface area contributed by atoms with Gasteiger partial charge >= 0.3 is 0 Å². The van der Waals surface area contributed by atoms with Crippen molar-refractivity contribution in [3.05, 3.63) is 107 Å². The van der Waals surface area contributed by atoms with Crippen LogP contribution in [0.5, 0.6) is 0 Å². The third-order valence-corrected chi connectivity index (χ3v) is 6.13. The molecule has 3 aromatic carbocycles. The van der Waals surface area contributed by atoms with E-state index in [9.17, 15) is 14.4 Å². The Hall–Kier alpha value is -3.64. The molecule has 0 aliphatic carbocycles. The zero-order valence-electron chi connectivity index (χ0n) is 19.5. The first kappa shape index (κ1) is 26.0. The average molecular weight is 492 g/mol. The van der Waals surface area contributed by atoms with E-state index in [0.717, 1.165) is 16.7 Å². The average Bonchev–Trinajstić information content (AvgIpc) is 2.89. The summed E-state index contributed by atoms with van der Waals surface area (Å²) >= 11 is 6.21. The highest BCUT2D eigenvalue weighted by Gasteiger charge is 2.25. The fourth-order valence-corrected chi connectivity index (χ4v) is 3.97. The zero-order chi connectivity index (χ0) is 24.9. The maximum atomic E-state index is 13.1. The summed E-state index contributed by atoms with van der Waals surface area (Å²) in [5.74, 6) is -0.693. The highest BCUT2D eigenvalue weighted by atomic mass is 35.5. The summed E-state index contributed by atoms with van der Waals surface area (Å²) in [6, 6.07) is 25.3. The van der Waals surface area contributed by atoms with Crippen LogP contribution in [0.4, 0.5) is 0 Å². The molecule has 182 valence electrons. The Bertz CT molecular complexity index is 1090. The van der Waals surface area contributed by atoms with Crippen LogP contribution in [0, 0.1) is 0 Å². The fraction of sp³-hybridized carbons (Fsp3) is 0.250. The van der Waals surface area contributed by atoms with Crippen molar-refractivity contribution in [2.75, 3.05) is 0 Å². The minimum Gasteiger partial charge on any atom is -0.350 e. The third kappa shape index (κ3) is 8.58. The monoisotopic (exact) mass is 491 g/mol. The first-order chi connectivity index (χ1) is 17.1. The fourth-order valence-electron chi connectivity index (χ4n) is 3.77. The van der Waals surface area contributed by atoms with Crippen LogP contribution in [0.2, 0.25) is 5.02 Å². The molecule has 0 aliphatic rings. The first-order valence-electron chi connectivity index (χ1n) is 11.7. The quantitative estimate of drug-likeness (QED) is 0.318. The van der Waals surface area contributed by atoms with Crippen LogP contribution in [0.15, 0.2) is 84.9 Å². The van der Waals surface area contributed by atoms with Crippen LogP contribution in [-0.2, 0) is 33.8 Å². The van der Waals surface area contributed by atoms with Gasteiger partial charge in [0.2, 0.25) is 18.2 Å². The second-order valence-corrected chi connectivity index (χ2v) is 8.66. The number of nitrogens with one attached hydrogen (secondary N) is 3. The van der Waals surface area contributed by atoms with Gasteiger partial charge in [-0.25, -0.2) is 0 Å². The second kappa shape index (κ2) is 13.9. The van der Waals surface area contributed by atoms with Gasteiger partial charge in [-0.2, -0.15) is 0 Å². The van der Waals surface area contributed by atoms with Gasteiger partial charge in [0, 0.05) is 11.6 Å². The smallest absolute Gasteiger partial charge is 0.243 e. The van der Waals surface area contributed by atoms with E-state index < -0.39 is 12.1 Å². The molecule has 0 aromatic heterocycles. The molecule has 0 aliphatic heterocycles. The van der Waals surface area contributed by atoms with Crippen molar-refractivity contribution in [3.63, 3.8) is 0 Å². The van der Waals surface area contributed by atoms with Crippen molar-refractivity contribution < 1.29 is 14.4 Å². The molecule has 0 unspecified atom stereocenters. The molecule has 0 spiro atoms. The lowest BCUT2D eigenvalue weighted by molar-refractivity contribution is -0.131.